The first-order valence-electron chi connectivity index (χ1n) is 10.5. The summed E-state index contributed by atoms with van der Waals surface area (Å²) in [6, 6.07) is 12.9. The van der Waals surface area contributed by atoms with Gasteiger partial charge >= 0.3 is 0 Å². The van der Waals surface area contributed by atoms with Crippen molar-refractivity contribution >= 4 is 21.6 Å². The number of sulfonamides is 1. The summed E-state index contributed by atoms with van der Waals surface area (Å²) in [5, 5.41) is 19.6. The maximum Gasteiger partial charge on any atom is 0.273 e. The highest BCUT2D eigenvalue weighted by Crippen LogP contribution is 2.29. The van der Waals surface area contributed by atoms with Crippen LogP contribution in [0.4, 0.5) is 5.69 Å². The van der Waals surface area contributed by atoms with Crippen LogP contribution in [0.15, 0.2) is 53.4 Å². The molecule has 0 saturated carbocycles. The van der Waals surface area contributed by atoms with Crippen LogP contribution >= 0.6 is 0 Å². The number of benzene rings is 2. The summed E-state index contributed by atoms with van der Waals surface area (Å²) in [7, 11) is -3.56. The number of nitrogens with one attached hydrogen (secondary N) is 2. The summed E-state index contributed by atoms with van der Waals surface area (Å²) in [6.07, 6.45) is 2.77. The Morgan fingerprint density at radius 2 is 1.91 bits per heavy atom. The molecule has 2 heterocycles. The van der Waals surface area contributed by atoms with Gasteiger partial charge in [0.1, 0.15) is 11.4 Å². The third-order valence-corrected chi connectivity index (χ3v) is 7.74. The number of carbonyl (C=O) groups is 1. The Balaban J connectivity index is 1.47. The van der Waals surface area contributed by atoms with E-state index in [0.29, 0.717) is 23.5 Å². The second-order valence-corrected chi connectivity index (χ2v) is 10.0. The van der Waals surface area contributed by atoms with Gasteiger partial charge in [-0.1, -0.05) is 12.5 Å². The van der Waals surface area contributed by atoms with Gasteiger partial charge in [0.2, 0.25) is 10.0 Å². The number of phenolic OH excluding ortho intramolecular Hbond substituents is 1. The van der Waals surface area contributed by atoms with Crippen LogP contribution in [-0.2, 0) is 10.0 Å². The monoisotopic (exact) mass is 454 g/mol. The lowest BCUT2D eigenvalue weighted by Gasteiger charge is -2.32. The molecule has 1 atom stereocenters. The first kappa shape index (κ1) is 22.0. The smallest absolute Gasteiger partial charge is 0.273 e. The molecule has 1 fully saturated rings. The van der Waals surface area contributed by atoms with Crippen LogP contribution in [0, 0.1) is 6.92 Å². The van der Waals surface area contributed by atoms with Crippen molar-refractivity contribution in [2.45, 2.75) is 44.0 Å². The largest absolute Gasteiger partial charge is 0.507 e. The Morgan fingerprint density at radius 1 is 1.16 bits per heavy atom. The van der Waals surface area contributed by atoms with Crippen molar-refractivity contribution in [3.05, 3.63) is 59.8 Å². The number of rotatable bonds is 5. The molecule has 1 amide bonds. The molecule has 2 aromatic carbocycles. The lowest BCUT2D eigenvalue weighted by Crippen LogP contribution is -2.41. The molecular weight excluding hydrogens is 428 g/mol. The van der Waals surface area contributed by atoms with Crippen molar-refractivity contribution in [1.82, 2.24) is 14.5 Å². The standard InChI is InChI=1S/C23H26N4O4S/c1-15-6-11-19(22(28)13-15)20-14-21(26-25-20)23(29)24-17-7-9-18(10-8-17)32(30,31)27-12-4-3-5-16(27)2/h6-11,13-14,16,28H,3-5,12H2,1-2H3,(H,24,29)(H,25,26). The van der Waals surface area contributed by atoms with Gasteiger partial charge in [0.15, 0.2) is 0 Å². The summed E-state index contributed by atoms with van der Waals surface area (Å²) in [5.41, 5.74) is 2.57. The third-order valence-electron chi connectivity index (χ3n) is 5.71. The van der Waals surface area contributed by atoms with Crippen LogP contribution in [0.1, 0.15) is 42.2 Å². The third kappa shape index (κ3) is 4.39. The Bertz CT molecular complexity index is 1240. The van der Waals surface area contributed by atoms with Gasteiger partial charge in [-0.2, -0.15) is 9.40 Å². The summed E-state index contributed by atoms with van der Waals surface area (Å²) in [6.45, 7) is 4.33. The van der Waals surface area contributed by atoms with Gasteiger partial charge in [0.05, 0.1) is 10.6 Å². The minimum absolute atomic E-state index is 0.0179. The van der Waals surface area contributed by atoms with E-state index in [2.05, 4.69) is 15.5 Å². The fourth-order valence-electron chi connectivity index (χ4n) is 3.91. The van der Waals surface area contributed by atoms with Gasteiger partial charge in [0.25, 0.3) is 5.91 Å². The topological polar surface area (TPSA) is 115 Å². The first-order chi connectivity index (χ1) is 15.3. The van der Waals surface area contributed by atoms with E-state index in [1.807, 2.05) is 19.9 Å². The van der Waals surface area contributed by atoms with Gasteiger partial charge in [-0.15, -0.1) is 0 Å². The summed E-state index contributed by atoms with van der Waals surface area (Å²) in [5.74, 6) is -0.334. The zero-order chi connectivity index (χ0) is 22.9. The van der Waals surface area contributed by atoms with Gasteiger partial charge < -0.3 is 10.4 Å². The van der Waals surface area contributed by atoms with Crippen molar-refractivity contribution in [3.63, 3.8) is 0 Å². The molecular formula is C23H26N4O4S. The Morgan fingerprint density at radius 3 is 2.59 bits per heavy atom. The number of hydrogen-bond acceptors (Lipinski definition) is 5. The number of aromatic nitrogens is 2. The zero-order valence-corrected chi connectivity index (χ0v) is 18.8. The van der Waals surface area contributed by atoms with Gasteiger partial charge in [0, 0.05) is 23.8 Å². The highest BCUT2D eigenvalue weighted by atomic mass is 32.2. The van der Waals surface area contributed by atoms with Crippen LogP contribution in [0.3, 0.4) is 0 Å². The van der Waals surface area contributed by atoms with Crippen molar-refractivity contribution < 1.29 is 18.3 Å². The predicted molar refractivity (Wildman–Crippen MR) is 122 cm³/mol. The number of aryl methyl sites for hydroxylation is 1. The van der Waals surface area contributed by atoms with E-state index < -0.39 is 15.9 Å². The van der Waals surface area contributed by atoms with Gasteiger partial charge in [-0.05, 0) is 74.7 Å². The molecule has 3 aromatic rings. The van der Waals surface area contributed by atoms with Gasteiger partial charge in [-0.3, -0.25) is 9.89 Å². The molecule has 9 heteroatoms. The van der Waals surface area contributed by atoms with Crippen LogP contribution in [0.5, 0.6) is 5.75 Å². The number of hydrogen-bond donors (Lipinski definition) is 3. The van der Waals surface area contributed by atoms with Crippen molar-refractivity contribution in [2.75, 3.05) is 11.9 Å². The van der Waals surface area contributed by atoms with E-state index in [9.17, 15) is 18.3 Å². The number of piperidine rings is 1. The Kier molecular flexibility index (Phi) is 6.03. The average molecular weight is 455 g/mol. The normalized spacial score (nSPS) is 17.2. The number of H-pyrrole nitrogens is 1. The Hall–Kier alpha value is -3.17. The minimum atomic E-state index is -3.56. The summed E-state index contributed by atoms with van der Waals surface area (Å²) in [4.78, 5) is 12.8. The molecule has 0 radical (unpaired) electrons. The molecule has 1 saturated heterocycles. The number of carbonyl (C=O) groups excluding carboxylic acids is 1. The van der Waals surface area contributed by atoms with Crippen LogP contribution in [0.2, 0.25) is 0 Å². The highest BCUT2D eigenvalue weighted by molar-refractivity contribution is 7.89. The molecule has 0 spiro atoms. The molecule has 0 bridgehead atoms. The quantitative estimate of drug-likeness (QED) is 0.541. The first-order valence-corrected chi connectivity index (χ1v) is 12.0. The van der Waals surface area contributed by atoms with E-state index in [4.69, 9.17) is 0 Å². The number of aromatic amines is 1. The molecule has 1 unspecified atom stereocenters. The minimum Gasteiger partial charge on any atom is -0.507 e. The summed E-state index contributed by atoms with van der Waals surface area (Å²) >= 11 is 0. The second kappa shape index (κ2) is 8.76. The molecule has 8 nitrogen and oxygen atoms in total. The zero-order valence-electron chi connectivity index (χ0n) is 18.0. The maximum atomic E-state index is 12.9. The molecule has 168 valence electrons. The molecule has 1 aliphatic heterocycles. The highest BCUT2D eigenvalue weighted by Gasteiger charge is 2.30. The van der Waals surface area contributed by atoms with Crippen LogP contribution < -0.4 is 5.32 Å². The van der Waals surface area contributed by atoms with Crippen LogP contribution in [0.25, 0.3) is 11.3 Å². The molecule has 0 aliphatic carbocycles. The van der Waals surface area contributed by atoms with Crippen LogP contribution in [-0.4, -0.2) is 46.5 Å². The number of nitrogens with zero attached hydrogens (tertiary/aromatic N) is 2. The maximum absolute atomic E-state index is 12.9. The van der Waals surface area contributed by atoms with E-state index in [0.717, 1.165) is 24.8 Å². The van der Waals surface area contributed by atoms with E-state index >= 15 is 0 Å². The molecule has 4 rings (SSSR count). The molecule has 1 aromatic heterocycles. The second-order valence-electron chi connectivity index (χ2n) is 8.13. The van der Waals surface area contributed by atoms with Crippen molar-refractivity contribution in [1.29, 1.82) is 0 Å². The number of aromatic hydroxyl groups is 1. The van der Waals surface area contributed by atoms with Gasteiger partial charge in [-0.25, -0.2) is 8.42 Å². The average Bonchev–Trinajstić information content (AvgIpc) is 3.24. The number of phenols is 1. The van der Waals surface area contributed by atoms with E-state index in [-0.39, 0.29) is 22.4 Å². The molecule has 3 N–H and O–H groups in total. The SMILES string of the molecule is Cc1ccc(-c2cc(C(=O)Nc3ccc(S(=O)(=O)N4CCCCC4C)cc3)[nH]n2)c(O)c1. The lowest BCUT2D eigenvalue weighted by molar-refractivity contribution is 0.102. The van der Waals surface area contributed by atoms with Crippen molar-refractivity contribution in [2.24, 2.45) is 0 Å². The molecule has 32 heavy (non-hydrogen) atoms. The predicted octanol–water partition coefficient (Wildman–Crippen LogP) is 3.91. The summed E-state index contributed by atoms with van der Waals surface area (Å²) < 4.78 is 27.4. The molecule has 1 aliphatic rings. The van der Waals surface area contributed by atoms with E-state index in [1.165, 1.54) is 12.1 Å². The fourth-order valence-corrected chi connectivity index (χ4v) is 5.61. The number of amides is 1. The Labute approximate surface area is 187 Å². The number of anilines is 1. The fraction of sp³-hybridized carbons (Fsp3) is 0.304. The van der Waals surface area contributed by atoms with Crippen molar-refractivity contribution in [3.8, 4) is 17.0 Å². The lowest BCUT2D eigenvalue weighted by atomic mass is 10.1. The van der Waals surface area contributed by atoms with E-state index in [1.54, 1.807) is 34.6 Å².